The van der Waals surface area contributed by atoms with Gasteiger partial charge in [-0.1, -0.05) is 36.4 Å². The van der Waals surface area contributed by atoms with E-state index in [-0.39, 0.29) is 10.6 Å². The lowest BCUT2D eigenvalue weighted by atomic mass is 9.95. The average Bonchev–Trinajstić information content (AvgIpc) is 2.89. The van der Waals surface area contributed by atoms with Crippen LogP contribution in [0.5, 0.6) is 0 Å². The Hall–Kier alpha value is -3.14. The molecule has 0 aliphatic heterocycles. The van der Waals surface area contributed by atoms with Gasteiger partial charge in [0, 0.05) is 28.2 Å². The molecule has 0 bridgehead atoms. The molecule has 0 radical (unpaired) electrons. The maximum absolute atomic E-state index is 11.3. The van der Waals surface area contributed by atoms with E-state index in [0.717, 1.165) is 33.1 Å². The normalized spacial score (nSPS) is 11.2. The van der Waals surface area contributed by atoms with Crippen LogP contribution in [0.25, 0.3) is 32.8 Å². The van der Waals surface area contributed by atoms with Crippen LogP contribution in [-0.4, -0.2) is 9.91 Å². The van der Waals surface area contributed by atoms with Gasteiger partial charge in [-0.3, -0.25) is 10.1 Å². The molecule has 1 heterocycles. The molecule has 0 aliphatic carbocycles. The van der Waals surface area contributed by atoms with Gasteiger partial charge in [0.15, 0.2) is 0 Å². The molecule has 0 fully saturated rings. The van der Waals surface area contributed by atoms with Crippen LogP contribution in [0.1, 0.15) is 5.69 Å². The summed E-state index contributed by atoms with van der Waals surface area (Å²) in [6.45, 7) is 2.03. The Morgan fingerprint density at radius 2 is 1.52 bits per heavy atom. The SMILES string of the molecule is Cc1[nH]c2ccccc2c1-c1ccc([N+](=O)[O-])c2ccccc12. The summed E-state index contributed by atoms with van der Waals surface area (Å²) >= 11 is 0. The van der Waals surface area contributed by atoms with Crippen molar-refractivity contribution in [1.82, 2.24) is 4.98 Å². The van der Waals surface area contributed by atoms with Crippen molar-refractivity contribution in [3.63, 3.8) is 0 Å². The Kier molecular flexibility index (Phi) is 2.91. The Balaban J connectivity index is 2.12. The highest BCUT2D eigenvalue weighted by Gasteiger charge is 2.18. The summed E-state index contributed by atoms with van der Waals surface area (Å²) in [7, 11) is 0. The average molecular weight is 302 g/mol. The fraction of sp³-hybridized carbons (Fsp3) is 0.0526. The van der Waals surface area contributed by atoms with E-state index in [1.165, 1.54) is 0 Å². The van der Waals surface area contributed by atoms with Crippen LogP contribution in [0, 0.1) is 17.0 Å². The molecule has 0 atom stereocenters. The standard InChI is InChI=1S/C19H14N2O2/c1-12-19(16-8-4-5-9-17(16)20-12)15-10-11-18(21(22)23)14-7-3-2-6-13(14)15/h2-11,20H,1H3. The number of hydrogen-bond acceptors (Lipinski definition) is 2. The molecule has 0 aliphatic rings. The highest BCUT2D eigenvalue weighted by atomic mass is 16.6. The van der Waals surface area contributed by atoms with E-state index in [9.17, 15) is 10.1 Å². The van der Waals surface area contributed by atoms with Crippen molar-refractivity contribution >= 4 is 27.4 Å². The van der Waals surface area contributed by atoms with Crippen LogP contribution in [0.4, 0.5) is 5.69 Å². The molecule has 0 amide bonds. The predicted molar refractivity (Wildman–Crippen MR) is 92.6 cm³/mol. The zero-order chi connectivity index (χ0) is 16.0. The molecule has 4 aromatic rings. The second-order valence-corrected chi connectivity index (χ2v) is 5.61. The number of nitrogens with zero attached hydrogens (tertiary/aromatic N) is 1. The second-order valence-electron chi connectivity index (χ2n) is 5.61. The Morgan fingerprint density at radius 3 is 2.26 bits per heavy atom. The quantitative estimate of drug-likeness (QED) is 0.408. The van der Waals surface area contributed by atoms with Gasteiger partial charge in [0.2, 0.25) is 0 Å². The minimum Gasteiger partial charge on any atom is -0.358 e. The first-order chi connectivity index (χ1) is 11.2. The monoisotopic (exact) mass is 302 g/mol. The highest BCUT2D eigenvalue weighted by Crippen LogP contribution is 2.39. The van der Waals surface area contributed by atoms with Gasteiger partial charge in [-0.25, -0.2) is 0 Å². The summed E-state index contributed by atoms with van der Waals surface area (Å²) in [6.07, 6.45) is 0. The number of non-ortho nitro benzene ring substituents is 1. The van der Waals surface area contributed by atoms with Crippen molar-refractivity contribution in [3.05, 3.63) is 76.5 Å². The number of rotatable bonds is 2. The lowest BCUT2D eigenvalue weighted by Gasteiger charge is -2.08. The van der Waals surface area contributed by atoms with Gasteiger partial charge in [-0.05, 0) is 36.1 Å². The van der Waals surface area contributed by atoms with Gasteiger partial charge in [-0.2, -0.15) is 0 Å². The van der Waals surface area contributed by atoms with Crippen LogP contribution in [0.2, 0.25) is 0 Å². The van der Waals surface area contributed by atoms with Crippen molar-refractivity contribution in [2.45, 2.75) is 6.92 Å². The minimum atomic E-state index is -0.325. The van der Waals surface area contributed by atoms with Crippen LogP contribution in [0.15, 0.2) is 60.7 Å². The van der Waals surface area contributed by atoms with Gasteiger partial charge < -0.3 is 4.98 Å². The second kappa shape index (κ2) is 4.95. The van der Waals surface area contributed by atoms with Crippen molar-refractivity contribution in [2.24, 2.45) is 0 Å². The number of fused-ring (bicyclic) bond motifs is 2. The van der Waals surface area contributed by atoms with Gasteiger partial charge >= 0.3 is 0 Å². The third kappa shape index (κ3) is 1.99. The van der Waals surface area contributed by atoms with Crippen LogP contribution in [-0.2, 0) is 0 Å². The first-order valence-corrected chi connectivity index (χ1v) is 7.40. The van der Waals surface area contributed by atoms with E-state index < -0.39 is 0 Å². The molecule has 0 spiro atoms. The third-order valence-electron chi connectivity index (χ3n) is 4.26. The molecular formula is C19H14N2O2. The molecule has 0 unspecified atom stereocenters. The Bertz CT molecular complexity index is 1060. The smallest absolute Gasteiger partial charge is 0.277 e. The summed E-state index contributed by atoms with van der Waals surface area (Å²) in [5, 5.41) is 14.0. The summed E-state index contributed by atoms with van der Waals surface area (Å²) in [4.78, 5) is 14.4. The van der Waals surface area contributed by atoms with Crippen molar-refractivity contribution in [3.8, 4) is 11.1 Å². The lowest BCUT2D eigenvalue weighted by molar-refractivity contribution is -0.383. The molecule has 1 aromatic heterocycles. The zero-order valence-electron chi connectivity index (χ0n) is 12.5. The maximum atomic E-state index is 11.3. The number of aryl methyl sites for hydroxylation is 1. The highest BCUT2D eigenvalue weighted by molar-refractivity contribution is 6.08. The number of hydrogen-bond donors (Lipinski definition) is 1. The van der Waals surface area contributed by atoms with Gasteiger partial charge in [0.05, 0.1) is 10.3 Å². The number of H-pyrrole nitrogens is 1. The van der Waals surface area contributed by atoms with E-state index in [1.807, 2.05) is 49.4 Å². The van der Waals surface area contributed by atoms with E-state index in [1.54, 1.807) is 12.1 Å². The topological polar surface area (TPSA) is 58.9 Å². The molecule has 0 saturated carbocycles. The first kappa shape index (κ1) is 13.5. The van der Waals surface area contributed by atoms with Gasteiger partial charge in [0.25, 0.3) is 5.69 Å². The van der Waals surface area contributed by atoms with Crippen LogP contribution >= 0.6 is 0 Å². The van der Waals surface area contributed by atoms with E-state index >= 15 is 0 Å². The Morgan fingerprint density at radius 1 is 0.870 bits per heavy atom. The summed E-state index contributed by atoms with van der Waals surface area (Å²) in [5.41, 5.74) is 4.39. The van der Waals surface area contributed by atoms with E-state index in [4.69, 9.17) is 0 Å². The van der Waals surface area contributed by atoms with Gasteiger partial charge in [-0.15, -0.1) is 0 Å². The van der Waals surface area contributed by atoms with Crippen molar-refractivity contribution in [2.75, 3.05) is 0 Å². The third-order valence-corrected chi connectivity index (χ3v) is 4.26. The summed E-state index contributed by atoms with van der Waals surface area (Å²) < 4.78 is 0. The Labute approximate surface area is 132 Å². The fourth-order valence-electron chi connectivity index (χ4n) is 3.28. The molecule has 1 N–H and O–H groups in total. The molecule has 4 nitrogen and oxygen atoms in total. The number of aromatic amines is 1. The number of benzene rings is 3. The molecule has 4 heteroatoms. The zero-order valence-corrected chi connectivity index (χ0v) is 12.5. The van der Waals surface area contributed by atoms with Crippen molar-refractivity contribution in [1.29, 1.82) is 0 Å². The van der Waals surface area contributed by atoms with Crippen LogP contribution < -0.4 is 0 Å². The fourth-order valence-corrected chi connectivity index (χ4v) is 3.28. The molecule has 4 rings (SSSR count). The number of aromatic nitrogens is 1. The molecule has 3 aromatic carbocycles. The summed E-state index contributed by atoms with van der Waals surface area (Å²) in [6, 6.07) is 19.1. The minimum absolute atomic E-state index is 0.141. The molecule has 23 heavy (non-hydrogen) atoms. The van der Waals surface area contributed by atoms with E-state index in [2.05, 4.69) is 11.1 Å². The molecule has 0 saturated heterocycles. The number of nitro groups is 1. The largest absolute Gasteiger partial charge is 0.358 e. The van der Waals surface area contributed by atoms with Crippen molar-refractivity contribution < 1.29 is 4.92 Å². The molecular weight excluding hydrogens is 288 g/mol. The predicted octanol–water partition coefficient (Wildman–Crippen LogP) is 5.20. The number of nitro benzene ring substituents is 1. The molecule has 112 valence electrons. The first-order valence-electron chi connectivity index (χ1n) is 7.40. The van der Waals surface area contributed by atoms with E-state index in [0.29, 0.717) is 5.39 Å². The number of para-hydroxylation sites is 1. The van der Waals surface area contributed by atoms with Gasteiger partial charge in [0.1, 0.15) is 0 Å². The maximum Gasteiger partial charge on any atom is 0.277 e. The summed E-state index contributed by atoms with van der Waals surface area (Å²) in [5.74, 6) is 0. The number of nitrogens with one attached hydrogen (secondary N) is 1. The lowest BCUT2D eigenvalue weighted by Crippen LogP contribution is -1.91. The van der Waals surface area contributed by atoms with Crippen LogP contribution in [0.3, 0.4) is 0 Å².